The van der Waals surface area contributed by atoms with Crippen molar-refractivity contribution in [3.05, 3.63) is 0 Å². The smallest absolute Gasteiger partial charge is 0.319 e. The Hall–Kier alpha value is -1.10. The van der Waals surface area contributed by atoms with Crippen molar-refractivity contribution in [2.75, 3.05) is 26.3 Å². The van der Waals surface area contributed by atoms with Crippen LogP contribution in [0, 0.1) is 0 Å². The Morgan fingerprint density at radius 1 is 1.00 bits per heavy atom. The van der Waals surface area contributed by atoms with Gasteiger partial charge >= 0.3 is 11.9 Å². The highest BCUT2D eigenvalue weighted by molar-refractivity contribution is 5.74. The normalized spacial score (nSPS) is 8.71. The molecule has 1 N–H and O–H groups in total. The number of carbonyl (C=O) groups is 2. The maximum absolute atomic E-state index is 10.7. The van der Waals surface area contributed by atoms with Gasteiger partial charge in [-0.25, -0.2) is 0 Å². The summed E-state index contributed by atoms with van der Waals surface area (Å²) in [7, 11) is 0. The van der Waals surface area contributed by atoms with Gasteiger partial charge in [0.05, 0.1) is 26.3 Å². The molecule has 0 saturated carbocycles. The first-order valence-electron chi connectivity index (χ1n) is 4.22. The molecule has 0 rings (SSSR count). The van der Waals surface area contributed by atoms with Gasteiger partial charge in [0.2, 0.25) is 0 Å². The van der Waals surface area contributed by atoms with Crippen LogP contribution in [0.1, 0.15) is 21.3 Å². The molecular formula is C9H19NO4. The number of rotatable bonds is 6. The fourth-order valence-electron chi connectivity index (χ4n) is 0.691. The maximum Gasteiger partial charge on any atom is 0.319 e. The molecule has 0 radical (unpaired) electrons. The monoisotopic (exact) mass is 205 g/mol. The van der Waals surface area contributed by atoms with E-state index in [9.17, 15) is 9.59 Å². The maximum atomic E-state index is 10.7. The molecule has 0 bridgehead atoms. The summed E-state index contributed by atoms with van der Waals surface area (Å²) >= 11 is 0. The minimum atomic E-state index is -0.369. The van der Waals surface area contributed by atoms with Gasteiger partial charge < -0.3 is 9.47 Å². The molecule has 0 aromatic carbocycles. The van der Waals surface area contributed by atoms with E-state index < -0.39 is 0 Å². The third-order valence-corrected chi connectivity index (χ3v) is 1.15. The lowest BCUT2D eigenvalue weighted by molar-refractivity contribution is -0.143. The van der Waals surface area contributed by atoms with E-state index in [1.165, 1.54) is 0 Å². The van der Waals surface area contributed by atoms with Crippen molar-refractivity contribution in [3.8, 4) is 0 Å². The second-order valence-electron chi connectivity index (χ2n) is 2.21. The molecule has 0 aromatic rings. The molecule has 0 amide bonds. The average molecular weight is 205 g/mol. The Kier molecular flexibility index (Phi) is 11.0. The molecule has 0 saturated heterocycles. The van der Waals surface area contributed by atoms with Crippen molar-refractivity contribution in [1.29, 1.82) is 0 Å². The summed E-state index contributed by atoms with van der Waals surface area (Å²) in [6.07, 6.45) is 0. The average Bonchev–Trinajstić information content (AvgIpc) is 2.05. The van der Waals surface area contributed by atoms with Crippen molar-refractivity contribution in [2.24, 2.45) is 0 Å². The summed E-state index contributed by atoms with van der Waals surface area (Å²) in [4.78, 5) is 21.5. The Morgan fingerprint density at radius 2 is 1.36 bits per heavy atom. The minimum Gasteiger partial charge on any atom is -0.465 e. The van der Waals surface area contributed by atoms with Crippen molar-refractivity contribution in [2.45, 2.75) is 21.3 Å². The zero-order valence-electron chi connectivity index (χ0n) is 7.96. The summed E-state index contributed by atoms with van der Waals surface area (Å²) in [5, 5.41) is 2.61. The Bertz CT molecular complexity index is 152. The summed E-state index contributed by atoms with van der Waals surface area (Å²) < 4.78 is 9.26. The lowest BCUT2D eigenvalue weighted by atomic mass is 10.5. The molecule has 5 nitrogen and oxygen atoms in total. The topological polar surface area (TPSA) is 64.6 Å². The number of ether oxygens (including phenoxy) is 2. The quantitative estimate of drug-likeness (QED) is 0.633. The van der Waals surface area contributed by atoms with Gasteiger partial charge in [-0.05, 0) is 13.8 Å². The molecular weight excluding hydrogens is 186 g/mol. The van der Waals surface area contributed by atoms with Crippen molar-refractivity contribution < 1.29 is 19.1 Å². The van der Waals surface area contributed by atoms with E-state index in [-0.39, 0.29) is 32.5 Å². The Labute approximate surface area is 84.8 Å². The molecule has 84 valence electrons. The molecule has 5 heteroatoms. The molecule has 0 aromatic heterocycles. The highest BCUT2D eigenvalue weighted by Gasteiger charge is 2.03. The lowest BCUT2D eigenvalue weighted by Crippen LogP contribution is -2.30. The standard InChI is InChI=1S/C8H15NO4.CH4/c1-3-12-7(10)5-9-6-8(11)13-4-2;/h9H,3-6H2,1-2H3;1H4. The van der Waals surface area contributed by atoms with E-state index in [2.05, 4.69) is 14.8 Å². The van der Waals surface area contributed by atoms with Crippen molar-refractivity contribution in [1.82, 2.24) is 5.32 Å². The second kappa shape index (κ2) is 9.98. The van der Waals surface area contributed by atoms with Crippen LogP contribution in [0.5, 0.6) is 0 Å². The van der Waals surface area contributed by atoms with E-state index in [1.807, 2.05) is 0 Å². The first-order valence-corrected chi connectivity index (χ1v) is 4.22. The number of hydrogen-bond donors (Lipinski definition) is 1. The number of nitrogens with one attached hydrogen (secondary N) is 1. The van der Waals surface area contributed by atoms with Gasteiger partial charge in [0.15, 0.2) is 0 Å². The van der Waals surface area contributed by atoms with E-state index in [1.54, 1.807) is 13.8 Å². The second-order valence-corrected chi connectivity index (χ2v) is 2.21. The first-order chi connectivity index (χ1) is 6.20. The molecule has 0 aliphatic carbocycles. The fraction of sp³-hybridized carbons (Fsp3) is 0.778. The highest BCUT2D eigenvalue weighted by Crippen LogP contribution is 1.77. The molecule has 0 spiro atoms. The van der Waals surface area contributed by atoms with Crippen LogP contribution in [0.25, 0.3) is 0 Å². The van der Waals surface area contributed by atoms with Crippen LogP contribution < -0.4 is 5.32 Å². The number of esters is 2. The Balaban J connectivity index is 0. The van der Waals surface area contributed by atoms with Gasteiger partial charge in [0.1, 0.15) is 0 Å². The van der Waals surface area contributed by atoms with E-state index in [0.29, 0.717) is 13.2 Å². The van der Waals surface area contributed by atoms with Crippen LogP contribution in [0.3, 0.4) is 0 Å². The zero-order chi connectivity index (χ0) is 10.1. The number of carbonyl (C=O) groups excluding carboxylic acids is 2. The third-order valence-electron chi connectivity index (χ3n) is 1.15. The summed E-state index contributed by atoms with van der Waals surface area (Å²) in [5.74, 6) is -0.737. The van der Waals surface area contributed by atoms with Gasteiger partial charge in [-0.2, -0.15) is 0 Å². The van der Waals surface area contributed by atoms with Crippen LogP contribution in [0.15, 0.2) is 0 Å². The van der Waals surface area contributed by atoms with Gasteiger partial charge in [-0.3, -0.25) is 14.9 Å². The van der Waals surface area contributed by atoms with E-state index >= 15 is 0 Å². The molecule has 0 aliphatic heterocycles. The lowest BCUT2D eigenvalue weighted by Gasteiger charge is -2.03. The van der Waals surface area contributed by atoms with Crippen LogP contribution in [-0.4, -0.2) is 38.2 Å². The van der Waals surface area contributed by atoms with Gasteiger partial charge in [0.25, 0.3) is 0 Å². The summed E-state index contributed by atoms with van der Waals surface area (Å²) in [6.45, 7) is 4.21. The molecule has 14 heavy (non-hydrogen) atoms. The van der Waals surface area contributed by atoms with Gasteiger partial charge in [-0.15, -0.1) is 0 Å². The SMILES string of the molecule is C.CCOC(=O)CNCC(=O)OCC. The predicted octanol–water partition coefficient (Wildman–Crippen LogP) is 0.338. The van der Waals surface area contributed by atoms with Crippen LogP contribution in [0.4, 0.5) is 0 Å². The van der Waals surface area contributed by atoms with Crippen molar-refractivity contribution >= 4 is 11.9 Å². The largest absolute Gasteiger partial charge is 0.465 e. The van der Waals surface area contributed by atoms with Crippen LogP contribution in [-0.2, 0) is 19.1 Å². The fourth-order valence-corrected chi connectivity index (χ4v) is 0.691. The molecule has 0 unspecified atom stereocenters. The molecule has 0 atom stereocenters. The number of hydrogen-bond acceptors (Lipinski definition) is 5. The summed E-state index contributed by atoms with van der Waals surface area (Å²) in [6, 6.07) is 0. The van der Waals surface area contributed by atoms with E-state index in [0.717, 1.165) is 0 Å². The zero-order valence-corrected chi connectivity index (χ0v) is 7.96. The summed E-state index contributed by atoms with van der Waals surface area (Å²) in [5.41, 5.74) is 0. The van der Waals surface area contributed by atoms with Crippen LogP contribution in [0.2, 0.25) is 0 Å². The molecule has 0 aliphatic rings. The Morgan fingerprint density at radius 3 is 1.64 bits per heavy atom. The van der Waals surface area contributed by atoms with E-state index in [4.69, 9.17) is 0 Å². The molecule has 0 fully saturated rings. The first kappa shape index (κ1) is 15.4. The third kappa shape index (κ3) is 8.99. The van der Waals surface area contributed by atoms with Crippen LogP contribution >= 0.6 is 0 Å². The minimum absolute atomic E-state index is 0. The highest BCUT2D eigenvalue weighted by atomic mass is 16.5. The molecule has 0 heterocycles. The van der Waals surface area contributed by atoms with Gasteiger partial charge in [0, 0.05) is 0 Å². The predicted molar refractivity (Wildman–Crippen MR) is 52.9 cm³/mol. The van der Waals surface area contributed by atoms with Crippen molar-refractivity contribution in [3.63, 3.8) is 0 Å². The van der Waals surface area contributed by atoms with Gasteiger partial charge in [-0.1, -0.05) is 7.43 Å².